The highest BCUT2D eigenvalue weighted by Crippen LogP contribution is 2.43. The molecule has 3 atom stereocenters. The number of benzene rings is 2. The summed E-state index contributed by atoms with van der Waals surface area (Å²) in [6.07, 6.45) is 4.36. The lowest BCUT2D eigenvalue weighted by Crippen LogP contribution is -2.52. The van der Waals surface area contributed by atoms with E-state index in [1.54, 1.807) is 18.9 Å². The molecule has 2 amide bonds. The van der Waals surface area contributed by atoms with Crippen LogP contribution in [0, 0.1) is 12.8 Å². The van der Waals surface area contributed by atoms with Gasteiger partial charge in [0.25, 0.3) is 5.91 Å². The molecule has 4 rings (SSSR count). The molecular weight excluding hydrogens is 460 g/mol. The lowest BCUT2D eigenvalue weighted by Gasteiger charge is -2.44. The minimum Gasteiger partial charge on any atom is -0.493 e. The maximum Gasteiger partial charge on any atom is 0.260 e. The van der Waals surface area contributed by atoms with E-state index in [4.69, 9.17) is 9.47 Å². The molecule has 0 radical (unpaired) electrons. The van der Waals surface area contributed by atoms with Gasteiger partial charge in [0.1, 0.15) is 0 Å². The summed E-state index contributed by atoms with van der Waals surface area (Å²) in [6, 6.07) is 14.0. The molecule has 1 aliphatic carbocycles. The van der Waals surface area contributed by atoms with Gasteiger partial charge >= 0.3 is 0 Å². The van der Waals surface area contributed by atoms with Crippen LogP contribution in [0.5, 0.6) is 11.5 Å². The van der Waals surface area contributed by atoms with Gasteiger partial charge in [0.05, 0.1) is 18.6 Å². The number of hydrogen-bond donors (Lipinski definition) is 1. The summed E-state index contributed by atoms with van der Waals surface area (Å²) in [5, 5.41) is 3.38. The van der Waals surface area contributed by atoms with Crippen LogP contribution >= 0.6 is 11.8 Å². The first kappa shape index (κ1) is 25.2. The van der Waals surface area contributed by atoms with Gasteiger partial charge in [0.15, 0.2) is 11.5 Å². The first-order chi connectivity index (χ1) is 16.9. The number of carbonyl (C=O) groups is 2. The number of nitrogens with zero attached hydrogens (tertiary/aromatic N) is 1. The Balaban J connectivity index is 1.40. The third-order valence-corrected chi connectivity index (χ3v) is 8.20. The second-order valence-corrected chi connectivity index (χ2v) is 10.5. The molecule has 0 bridgehead atoms. The molecule has 1 aliphatic heterocycles. The van der Waals surface area contributed by atoms with Crippen LogP contribution in [0.4, 0.5) is 0 Å². The highest BCUT2D eigenvalue weighted by molar-refractivity contribution is 8.04. The van der Waals surface area contributed by atoms with Crippen molar-refractivity contribution < 1.29 is 19.1 Å². The molecule has 1 N–H and O–H groups in total. The average Bonchev–Trinajstić information content (AvgIpc) is 2.87. The minimum absolute atomic E-state index is 0.00446. The number of rotatable bonds is 7. The minimum atomic E-state index is -0.0709. The van der Waals surface area contributed by atoms with Crippen molar-refractivity contribution in [3.05, 3.63) is 64.1 Å². The molecule has 1 heterocycles. The molecule has 0 spiro atoms. The Bertz CT molecular complexity index is 1100. The van der Waals surface area contributed by atoms with E-state index in [9.17, 15) is 9.59 Å². The summed E-state index contributed by atoms with van der Waals surface area (Å²) in [7, 11) is 3.47. The van der Waals surface area contributed by atoms with E-state index in [-0.39, 0.29) is 29.0 Å². The van der Waals surface area contributed by atoms with Crippen molar-refractivity contribution in [2.75, 3.05) is 20.8 Å². The van der Waals surface area contributed by atoms with Crippen molar-refractivity contribution in [2.24, 2.45) is 5.92 Å². The fraction of sp³-hybridized carbons (Fsp3) is 0.429. The van der Waals surface area contributed by atoms with Crippen molar-refractivity contribution in [1.82, 2.24) is 10.2 Å². The number of carbonyl (C=O) groups excluding carboxylic acids is 2. The second kappa shape index (κ2) is 11.2. The topological polar surface area (TPSA) is 67.9 Å². The van der Waals surface area contributed by atoms with Gasteiger partial charge in [-0.05, 0) is 62.4 Å². The number of amides is 2. The first-order valence-corrected chi connectivity index (χ1v) is 13.1. The van der Waals surface area contributed by atoms with Crippen LogP contribution in [-0.4, -0.2) is 48.8 Å². The van der Waals surface area contributed by atoms with Crippen LogP contribution in [0.15, 0.2) is 47.4 Å². The SMILES string of the molecule is CCOc1ccc(/C=C2/SC3CCC(C(=O)NCc4ccc(C)cc4)CC3N(C)C2=O)cc1OC. The maximum absolute atomic E-state index is 13.2. The third-order valence-electron chi connectivity index (χ3n) is 6.81. The summed E-state index contributed by atoms with van der Waals surface area (Å²) in [4.78, 5) is 28.6. The molecule has 6 nitrogen and oxygen atoms in total. The Morgan fingerprint density at radius 1 is 1.17 bits per heavy atom. The predicted octanol–water partition coefficient (Wildman–Crippen LogP) is 4.80. The van der Waals surface area contributed by atoms with Crippen molar-refractivity contribution >= 4 is 29.7 Å². The maximum atomic E-state index is 13.2. The van der Waals surface area contributed by atoms with Crippen molar-refractivity contribution in [2.45, 2.75) is 50.9 Å². The number of thioether (sulfide) groups is 1. The van der Waals surface area contributed by atoms with E-state index >= 15 is 0 Å². The summed E-state index contributed by atoms with van der Waals surface area (Å²) < 4.78 is 11.1. The molecule has 7 heteroatoms. The number of fused-ring (bicyclic) bond motifs is 1. The van der Waals surface area contributed by atoms with Crippen LogP contribution in [0.3, 0.4) is 0 Å². The number of ether oxygens (including phenoxy) is 2. The van der Waals surface area contributed by atoms with Crippen LogP contribution < -0.4 is 14.8 Å². The zero-order valence-corrected chi connectivity index (χ0v) is 21.7. The molecule has 2 fully saturated rings. The van der Waals surface area contributed by atoms with Crippen LogP contribution in [0.25, 0.3) is 6.08 Å². The number of methoxy groups -OCH3 is 1. The lowest BCUT2D eigenvalue weighted by molar-refractivity contribution is -0.132. The van der Waals surface area contributed by atoms with Crippen LogP contribution in [-0.2, 0) is 16.1 Å². The van der Waals surface area contributed by atoms with Gasteiger partial charge in [0.2, 0.25) is 5.91 Å². The smallest absolute Gasteiger partial charge is 0.260 e. The molecule has 2 aromatic carbocycles. The molecule has 2 aliphatic rings. The molecule has 1 saturated carbocycles. The molecule has 35 heavy (non-hydrogen) atoms. The molecule has 0 aromatic heterocycles. The van der Waals surface area contributed by atoms with E-state index in [1.165, 1.54) is 5.56 Å². The van der Waals surface area contributed by atoms with Crippen LogP contribution in [0.1, 0.15) is 42.9 Å². The Kier molecular flexibility index (Phi) is 8.06. The van der Waals surface area contributed by atoms with Crippen molar-refractivity contribution in [3.8, 4) is 11.5 Å². The number of hydrogen-bond acceptors (Lipinski definition) is 5. The summed E-state index contributed by atoms with van der Waals surface area (Å²) in [6.45, 7) is 5.08. The second-order valence-electron chi connectivity index (χ2n) is 9.20. The Morgan fingerprint density at radius 3 is 2.66 bits per heavy atom. The van der Waals surface area contributed by atoms with E-state index < -0.39 is 0 Å². The number of likely N-dealkylation sites (N-methyl/N-ethyl adjacent to an activating group) is 1. The molecule has 3 unspecified atom stereocenters. The fourth-order valence-electron chi connectivity index (χ4n) is 4.78. The fourth-order valence-corrected chi connectivity index (χ4v) is 6.26. The third kappa shape index (κ3) is 5.84. The quantitative estimate of drug-likeness (QED) is 0.560. The first-order valence-electron chi connectivity index (χ1n) is 12.2. The number of aryl methyl sites for hydroxylation is 1. The monoisotopic (exact) mass is 494 g/mol. The van der Waals surface area contributed by atoms with Gasteiger partial charge in [-0.2, -0.15) is 0 Å². The van der Waals surface area contributed by atoms with Gasteiger partial charge in [0, 0.05) is 30.8 Å². The van der Waals surface area contributed by atoms with E-state index in [0.29, 0.717) is 31.1 Å². The van der Waals surface area contributed by atoms with E-state index in [0.717, 1.165) is 28.9 Å². The lowest BCUT2D eigenvalue weighted by atomic mass is 9.83. The zero-order chi connectivity index (χ0) is 24.9. The number of nitrogens with one attached hydrogen (secondary N) is 1. The molecule has 2 aromatic rings. The van der Waals surface area contributed by atoms with Gasteiger partial charge in [-0.15, -0.1) is 11.8 Å². The van der Waals surface area contributed by atoms with Gasteiger partial charge in [-0.25, -0.2) is 0 Å². The standard InChI is InChI=1S/C28H34N2O4S/c1-5-34-23-12-10-20(14-24(23)33-4)15-26-28(32)30(3)22-16-21(11-13-25(22)35-26)27(31)29-17-19-8-6-18(2)7-9-19/h6-10,12,14-15,21-22,25H,5,11,13,16-17H2,1-4H3,(H,29,31)/b26-15+. The van der Waals surface area contributed by atoms with E-state index in [2.05, 4.69) is 24.4 Å². The molecule has 186 valence electrons. The predicted molar refractivity (Wildman–Crippen MR) is 140 cm³/mol. The normalized spacial score (nSPS) is 23.1. The average molecular weight is 495 g/mol. The van der Waals surface area contributed by atoms with Gasteiger partial charge in [-0.3, -0.25) is 9.59 Å². The summed E-state index contributed by atoms with van der Waals surface area (Å²) in [5.41, 5.74) is 3.20. The van der Waals surface area contributed by atoms with Gasteiger partial charge in [-0.1, -0.05) is 35.9 Å². The molecular formula is C28H34N2O4S. The largest absolute Gasteiger partial charge is 0.493 e. The van der Waals surface area contributed by atoms with Crippen molar-refractivity contribution in [3.63, 3.8) is 0 Å². The van der Waals surface area contributed by atoms with Crippen LogP contribution in [0.2, 0.25) is 0 Å². The van der Waals surface area contributed by atoms with E-state index in [1.807, 2.05) is 55.3 Å². The summed E-state index contributed by atoms with van der Waals surface area (Å²) in [5.74, 6) is 1.36. The Hall–Kier alpha value is -2.93. The van der Waals surface area contributed by atoms with Gasteiger partial charge < -0.3 is 19.7 Å². The summed E-state index contributed by atoms with van der Waals surface area (Å²) >= 11 is 1.64. The Morgan fingerprint density at radius 2 is 1.94 bits per heavy atom. The van der Waals surface area contributed by atoms with Crippen molar-refractivity contribution in [1.29, 1.82) is 0 Å². The highest BCUT2D eigenvalue weighted by atomic mass is 32.2. The Labute approximate surface area is 212 Å². The highest BCUT2D eigenvalue weighted by Gasteiger charge is 2.42. The molecule has 1 saturated heterocycles. The zero-order valence-electron chi connectivity index (χ0n) is 20.9.